The van der Waals surface area contributed by atoms with Crippen molar-refractivity contribution in [1.29, 1.82) is 0 Å². The lowest BCUT2D eigenvalue weighted by atomic mass is 10.2. The summed E-state index contributed by atoms with van der Waals surface area (Å²) in [5, 5.41) is 3.23. The highest BCUT2D eigenvalue weighted by atomic mass is 35.5. The van der Waals surface area contributed by atoms with Gasteiger partial charge < -0.3 is 19.5 Å². The molecule has 0 saturated carbocycles. The van der Waals surface area contributed by atoms with E-state index < -0.39 is 23.6 Å². The molecule has 3 amide bonds. The third kappa shape index (κ3) is 6.07. The number of ether oxygens (including phenoxy) is 3. The van der Waals surface area contributed by atoms with E-state index in [1.165, 1.54) is 0 Å². The van der Waals surface area contributed by atoms with E-state index in [1.54, 1.807) is 66.7 Å². The lowest BCUT2D eigenvalue weighted by Crippen LogP contribution is -2.36. The summed E-state index contributed by atoms with van der Waals surface area (Å²) >= 11 is 12.9. The van der Waals surface area contributed by atoms with E-state index >= 15 is 0 Å². The first-order valence-corrected chi connectivity index (χ1v) is 13.0. The highest BCUT2D eigenvalue weighted by molar-refractivity contribution is 8.18. The number of benzene rings is 3. The van der Waals surface area contributed by atoms with Crippen molar-refractivity contribution >= 4 is 63.8 Å². The predicted molar refractivity (Wildman–Crippen MR) is 146 cm³/mol. The van der Waals surface area contributed by atoms with Crippen LogP contribution in [0.3, 0.4) is 0 Å². The number of fused-ring (bicyclic) bond motifs is 1. The zero-order chi connectivity index (χ0) is 26.6. The summed E-state index contributed by atoms with van der Waals surface area (Å²) in [4.78, 5) is 39.0. The number of hydrogen-bond acceptors (Lipinski definition) is 7. The van der Waals surface area contributed by atoms with Crippen molar-refractivity contribution in [3.8, 4) is 17.2 Å². The second-order valence-corrected chi connectivity index (χ2v) is 10.1. The average molecular weight is 571 g/mol. The quantitative estimate of drug-likeness (QED) is 0.347. The number of nitrogens with zero attached hydrogens (tertiary/aromatic N) is 1. The van der Waals surface area contributed by atoms with Crippen LogP contribution < -0.4 is 19.5 Å². The van der Waals surface area contributed by atoms with E-state index in [4.69, 9.17) is 37.4 Å². The van der Waals surface area contributed by atoms with Crippen molar-refractivity contribution < 1.29 is 28.6 Å². The standard InChI is InChI=1S/C27H20Cl2N2O6S/c28-18-4-3-17(21(29)12-18)15-37-20-6-1-16(2-7-20)11-24-26(33)31(27(34)38-24)14-25(32)30-19-5-8-22-23(13-19)36-10-9-35-22/h1-8,11-13H,9-10,14-15H2,(H,30,32)/b24-11+. The van der Waals surface area contributed by atoms with Crippen molar-refractivity contribution in [3.05, 3.63) is 86.7 Å². The molecule has 0 aliphatic carbocycles. The van der Waals surface area contributed by atoms with Gasteiger partial charge in [-0.3, -0.25) is 19.3 Å². The lowest BCUT2D eigenvalue weighted by Gasteiger charge is -2.19. The highest BCUT2D eigenvalue weighted by Gasteiger charge is 2.36. The van der Waals surface area contributed by atoms with E-state index in [0.717, 1.165) is 22.2 Å². The van der Waals surface area contributed by atoms with Crippen LogP contribution in [0.5, 0.6) is 17.2 Å². The van der Waals surface area contributed by atoms with Crippen LogP contribution in [0, 0.1) is 0 Å². The Hall–Kier alpha value is -3.66. The maximum atomic E-state index is 12.8. The third-order valence-corrected chi connectivity index (χ3v) is 7.08. The maximum absolute atomic E-state index is 12.8. The number of nitrogens with one attached hydrogen (secondary N) is 1. The molecular formula is C27H20Cl2N2O6S. The minimum absolute atomic E-state index is 0.226. The Labute approximate surface area is 232 Å². The minimum atomic E-state index is -0.532. The molecule has 1 fully saturated rings. The number of rotatable bonds is 7. The Morgan fingerprint density at radius 2 is 1.76 bits per heavy atom. The van der Waals surface area contributed by atoms with Gasteiger partial charge in [-0.15, -0.1) is 0 Å². The van der Waals surface area contributed by atoms with Crippen molar-refractivity contribution in [3.63, 3.8) is 0 Å². The molecule has 0 unspecified atom stereocenters. The molecule has 0 aromatic heterocycles. The molecule has 3 aromatic carbocycles. The lowest BCUT2D eigenvalue weighted by molar-refractivity contribution is -0.127. The molecule has 38 heavy (non-hydrogen) atoms. The van der Waals surface area contributed by atoms with Gasteiger partial charge in [-0.2, -0.15) is 0 Å². The molecule has 1 saturated heterocycles. The van der Waals surface area contributed by atoms with E-state index in [0.29, 0.717) is 51.8 Å². The summed E-state index contributed by atoms with van der Waals surface area (Å²) in [5.74, 6) is 0.684. The molecule has 3 aromatic rings. The molecule has 0 radical (unpaired) electrons. The van der Waals surface area contributed by atoms with Crippen molar-refractivity contribution in [2.75, 3.05) is 25.1 Å². The van der Waals surface area contributed by atoms with Gasteiger partial charge in [0.25, 0.3) is 11.1 Å². The summed E-state index contributed by atoms with van der Waals surface area (Å²) in [5.41, 5.74) is 1.97. The molecule has 5 rings (SSSR count). The molecule has 8 nitrogen and oxygen atoms in total. The van der Waals surface area contributed by atoms with Gasteiger partial charge in [-0.25, -0.2) is 0 Å². The molecule has 194 valence electrons. The van der Waals surface area contributed by atoms with E-state index in [2.05, 4.69) is 5.32 Å². The van der Waals surface area contributed by atoms with Crippen molar-refractivity contribution in [1.82, 2.24) is 4.90 Å². The van der Waals surface area contributed by atoms with Crippen LogP contribution in [0.1, 0.15) is 11.1 Å². The monoisotopic (exact) mass is 570 g/mol. The molecular weight excluding hydrogens is 551 g/mol. The predicted octanol–water partition coefficient (Wildman–Crippen LogP) is 6.02. The van der Waals surface area contributed by atoms with Gasteiger partial charge in [0.1, 0.15) is 32.1 Å². The van der Waals surface area contributed by atoms with E-state index in [1.807, 2.05) is 0 Å². The number of imide groups is 1. The summed E-state index contributed by atoms with van der Waals surface area (Å²) in [6.45, 7) is 0.740. The van der Waals surface area contributed by atoms with Crippen LogP contribution in [0.15, 0.2) is 65.6 Å². The molecule has 0 spiro atoms. The average Bonchev–Trinajstić information content (AvgIpc) is 3.16. The highest BCUT2D eigenvalue weighted by Crippen LogP contribution is 2.34. The molecule has 2 aliphatic rings. The number of thioether (sulfide) groups is 1. The smallest absolute Gasteiger partial charge is 0.294 e. The van der Waals surface area contributed by atoms with Crippen LogP contribution in [0.25, 0.3) is 6.08 Å². The number of carbonyl (C=O) groups is 3. The molecule has 0 atom stereocenters. The van der Waals surface area contributed by atoms with Crippen molar-refractivity contribution in [2.24, 2.45) is 0 Å². The van der Waals surface area contributed by atoms with Gasteiger partial charge in [0.05, 0.1) is 4.91 Å². The first-order chi connectivity index (χ1) is 18.4. The van der Waals surface area contributed by atoms with Crippen LogP contribution in [-0.2, 0) is 16.2 Å². The topological polar surface area (TPSA) is 94.2 Å². The molecule has 0 bridgehead atoms. The van der Waals surface area contributed by atoms with Crippen LogP contribution in [0.4, 0.5) is 10.5 Å². The van der Waals surface area contributed by atoms with Gasteiger partial charge in [0.15, 0.2) is 11.5 Å². The van der Waals surface area contributed by atoms with Crippen LogP contribution in [0.2, 0.25) is 10.0 Å². The van der Waals surface area contributed by atoms with Gasteiger partial charge in [-0.05, 0) is 59.8 Å². The maximum Gasteiger partial charge on any atom is 0.294 e. The number of amides is 3. The Morgan fingerprint density at radius 3 is 2.53 bits per heavy atom. The zero-order valence-corrected chi connectivity index (χ0v) is 22.1. The van der Waals surface area contributed by atoms with Crippen molar-refractivity contribution in [2.45, 2.75) is 6.61 Å². The number of hydrogen-bond donors (Lipinski definition) is 1. The third-order valence-electron chi connectivity index (χ3n) is 5.59. The van der Waals surface area contributed by atoms with E-state index in [-0.39, 0.29) is 11.5 Å². The van der Waals surface area contributed by atoms with Gasteiger partial charge >= 0.3 is 0 Å². The van der Waals surface area contributed by atoms with Gasteiger partial charge in [-0.1, -0.05) is 41.4 Å². The molecule has 11 heteroatoms. The van der Waals surface area contributed by atoms with Gasteiger partial charge in [0, 0.05) is 27.4 Å². The Morgan fingerprint density at radius 1 is 1.00 bits per heavy atom. The molecule has 1 N–H and O–H groups in total. The fourth-order valence-corrected chi connectivity index (χ4v) is 5.01. The summed E-state index contributed by atoms with van der Waals surface area (Å²) in [7, 11) is 0. The summed E-state index contributed by atoms with van der Waals surface area (Å²) < 4.78 is 16.7. The largest absolute Gasteiger partial charge is 0.489 e. The Balaban J connectivity index is 1.18. The van der Waals surface area contributed by atoms with Crippen LogP contribution in [-0.4, -0.2) is 41.7 Å². The first kappa shape index (κ1) is 26.0. The fraction of sp³-hybridized carbons (Fsp3) is 0.148. The summed E-state index contributed by atoms with van der Waals surface area (Å²) in [6, 6.07) is 17.2. The Kier molecular flexibility index (Phi) is 7.78. The normalized spacial score (nSPS) is 15.6. The second-order valence-electron chi connectivity index (χ2n) is 8.27. The zero-order valence-electron chi connectivity index (χ0n) is 19.7. The van der Waals surface area contributed by atoms with E-state index in [9.17, 15) is 14.4 Å². The minimum Gasteiger partial charge on any atom is -0.489 e. The molecule has 2 aliphatic heterocycles. The summed E-state index contributed by atoms with van der Waals surface area (Å²) in [6.07, 6.45) is 1.60. The first-order valence-electron chi connectivity index (χ1n) is 11.5. The Bertz CT molecular complexity index is 1440. The van der Waals surface area contributed by atoms with Gasteiger partial charge in [0.2, 0.25) is 5.91 Å². The number of halogens is 2. The van der Waals surface area contributed by atoms with Crippen LogP contribution >= 0.6 is 35.0 Å². The fourth-order valence-electron chi connectivity index (χ4n) is 3.71. The second kappa shape index (κ2) is 11.4. The number of carbonyl (C=O) groups excluding carboxylic acids is 3. The molecule has 2 heterocycles. The number of anilines is 1. The SMILES string of the molecule is O=C(CN1C(=O)S/C(=C/c2ccc(OCc3ccc(Cl)cc3Cl)cc2)C1=O)Nc1ccc2c(c1)OCCO2.